The van der Waals surface area contributed by atoms with Gasteiger partial charge in [0, 0.05) is 33.0 Å². The summed E-state index contributed by atoms with van der Waals surface area (Å²) in [5, 5.41) is 39.9. The van der Waals surface area contributed by atoms with Gasteiger partial charge in [-0.15, -0.1) is 0 Å². The summed E-state index contributed by atoms with van der Waals surface area (Å²) in [6.07, 6.45) is 2.90. The molecule has 3 aliphatic rings. The smallest absolute Gasteiger partial charge is 0.248 e. The molecule has 3 rings (SSSR count). The van der Waals surface area contributed by atoms with Crippen molar-refractivity contribution in [3.05, 3.63) is 0 Å². The Morgan fingerprint density at radius 2 is 0.833 bits per heavy atom. The van der Waals surface area contributed by atoms with Crippen LogP contribution in [0.1, 0.15) is 228 Å². The average Bonchev–Trinajstić information content (AvgIpc) is 1.80. The summed E-state index contributed by atoms with van der Waals surface area (Å²) in [7, 11) is 0. The van der Waals surface area contributed by atoms with E-state index >= 15 is 0 Å². The molecule has 3 aliphatic heterocycles. The van der Waals surface area contributed by atoms with Crippen LogP contribution in [0.4, 0.5) is 0 Å². The lowest BCUT2D eigenvalue weighted by atomic mass is 9.94. The molecule has 0 aromatic carbocycles. The molecule has 578 valence electrons. The van der Waals surface area contributed by atoms with Crippen LogP contribution in [0.15, 0.2) is 0 Å². The Kier molecular flexibility index (Phi) is 32.8. The maximum atomic E-state index is 14.6. The molecule has 0 spiro atoms. The first kappa shape index (κ1) is 88.2. The van der Waals surface area contributed by atoms with E-state index in [1.54, 1.807) is 41.5 Å². The Bertz CT molecular complexity index is 3050. The number of nitrogens with one attached hydrogen (secondary N) is 11. The average molecular weight is 1440 g/mol. The van der Waals surface area contributed by atoms with Gasteiger partial charge in [-0.2, -0.15) is 0 Å². The quantitative estimate of drug-likeness (QED) is 0.0403. The number of rotatable bonds is 38. The fourth-order valence-corrected chi connectivity index (χ4v) is 12.9. The zero-order chi connectivity index (χ0) is 77.9. The molecule has 3 fully saturated rings. The monoisotopic (exact) mass is 1440 g/mol. The molecular weight excluding hydrogens is 1320 g/mol. The van der Waals surface area contributed by atoms with Gasteiger partial charge in [-0.05, 0) is 163 Å². The van der Waals surface area contributed by atoms with Crippen molar-refractivity contribution in [1.82, 2.24) is 73.2 Å². The normalized spacial score (nSPS) is 19.6. The number of likely N-dealkylation sites (tertiary alicyclic amines) is 3. The van der Waals surface area contributed by atoms with Crippen LogP contribution in [0.3, 0.4) is 0 Å². The van der Waals surface area contributed by atoms with E-state index in [1.165, 1.54) is 83.9 Å². The number of carbonyl (C=O) groups excluding carboxylic acids is 15. The van der Waals surface area contributed by atoms with Crippen LogP contribution >= 0.6 is 0 Å². The van der Waals surface area contributed by atoms with Crippen LogP contribution in [-0.2, 0) is 71.9 Å². The summed E-state index contributed by atoms with van der Waals surface area (Å²) in [4.78, 5) is 212. The number of amides is 15. The van der Waals surface area contributed by atoms with Crippen molar-refractivity contribution in [2.24, 2.45) is 29.4 Å². The molecular formula is C71H123N15O16. The maximum Gasteiger partial charge on any atom is 0.248 e. The molecule has 3 heterocycles. The van der Waals surface area contributed by atoms with E-state index in [4.69, 9.17) is 5.73 Å². The van der Waals surface area contributed by atoms with Crippen LogP contribution < -0.4 is 64.2 Å². The third-order valence-electron chi connectivity index (χ3n) is 19.5. The first-order valence-electron chi connectivity index (χ1n) is 36.4. The highest BCUT2D eigenvalue weighted by atomic mass is 16.3. The number of primary amides is 1. The van der Waals surface area contributed by atoms with E-state index in [0.717, 1.165) is 0 Å². The first-order valence-corrected chi connectivity index (χ1v) is 36.4. The molecule has 31 nitrogen and oxygen atoms in total. The predicted octanol–water partition coefficient (Wildman–Crippen LogP) is 0.604. The van der Waals surface area contributed by atoms with E-state index < -0.39 is 177 Å². The Balaban J connectivity index is 1.72. The second kappa shape index (κ2) is 38.0. The summed E-state index contributed by atoms with van der Waals surface area (Å²) in [5.41, 5.74) is -2.53. The van der Waals surface area contributed by atoms with Gasteiger partial charge >= 0.3 is 0 Å². The maximum absolute atomic E-state index is 14.6. The molecule has 0 bridgehead atoms. The van der Waals surface area contributed by atoms with Gasteiger partial charge in [-0.1, -0.05) is 75.7 Å². The largest absolute Gasteiger partial charge is 0.394 e. The number of aliphatic hydroxyl groups is 1. The Morgan fingerprint density at radius 1 is 0.451 bits per heavy atom. The minimum absolute atomic E-state index is 0.0498. The number of nitrogens with two attached hydrogens (primary N) is 1. The molecule has 3 saturated heterocycles. The minimum atomic E-state index is -1.68. The first-order chi connectivity index (χ1) is 47.2. The van der Waals surface area contributed by atoms with Gasteiger partial charge in [0.2, 0.25) is 88.6 Å². The molecule has 0 aromatic heterocycles. The van der Waals surface area contributed by atoms with Gasteiger partial charge in [-0.25, -0.2) is 0 Å². The van der Waals surface area contributed by atoms with Crippen LogP contribution in [-0.4, -0.2) is 217 Å². The predicted molar refractivity (Wildman–Crippen MR) is 381 cm³/mol. The summed E-state index contributed by atoms with van der Waals surface area (Å²) in [6, 6.07) is -9.81. The van der Waals surface area contributed by atoms with Crippen LogP contribution in [0.2, 0.25) is 0 Å². The lowest BCUT2D eigenvalue weighted by molar-refractivity contribution is -0.147. The standard InChI is InChI=1S/C71H123N15O16/c1-21-42(10)53(78-54(90)43(11)73-58(94)49-27-24-32-84(49)64(100)67(13,14)80-56(92)47(36-40(6)7)75-55(91)46(30-31-52(72)89)76-62(98)70(19,22-2)79-44(12)88)61(97)82-69(17,18)66(102)86-34-26-29-51(86)60(96)83-71(20,23-3)63(99)77-48(37-41(8)9)57(93)81-68(15,16)65(101)85-33-25-28-50(85)59(95)74-45(38-87)35-39(4)5/h39-43,45-51,53,87H,21-38H2,1-20H3,(H2,72,89)(H,73,94)(H,74,95)(H,75,91)(H,76,98)(H,77,99)(H,78,90)(H,79,88)(H,80,92)(H,81,93)(H,82,97)(H,83,96)/t42-,43-,45-,46-,47-,48-,49-,50-,51-,53-,70+,71+/m0/s1. The number of carbonyl (C=O) groups is 15. The zero-order valence-corrected chi connectivity index (χ0v) is 64.2. The number of hydrogen-bond acceptors (Lipinski definition) is 16. The van der Waals surface area contributed by atoms with Crippen molar-refractivity contribution in [3.63, 3.8) is 0 Å². The van der Waals surface area contributed by atoms with Crippen LogP contribution in [0.5, 0.6) is 0 Å². The fraction of sp³-hybridized carbons (Fsp3) is 0.789. The van der Waals surface area contributed by atoms with Crippen LogP contribution in [0, 0.1) is 23.7 Å². The van der Waals surface area contributed by atoms with Crippen molar-refractivity contribution < 1.29 is 77.0 Å². The van der Waals surface area contributed by atoms with Gasteiger partial charge in [0.15, 0.2) is 0 Å². The number of hydrogen-bond donors (Lipinski definition) is 13. The van der Waals surface area contributed by atoms with E-state index in [1.807, 2.05) is 27.7 Å². The van der Waals surface area contributed by atoms with Crippen molar-refractivity contribution in [2.45, 2.75) is 310 Å². The molecule has 102 heavy (non-hydrogen) atoms. The fourth-order valence-electron chi connectivity index (χ4n) is 12.9. The lowest BCUT2D eigenvalue weighted by Gasteiger charge is -2.37. The molecule has 0 saturated carbocycles. The van der Waals surface area contributed by atoms with Gasteiger partial charge < -0.3 is 84.0 Å². The molecule has 0 aromatic rings. The third kappa shape index (κ3) is 24.6. The van der Waals surface area contributed by atoms with Gasteiger partial charge in [0.1, 0.15) is 76.0 Å². The van der Waals surface area contributed by atoms with Crippen molar-refractivity contribution in [1.29, 1.82) is 0 Å². The second-order valence-corrected chi connectivity index (χ2v) is 31.4. The number of aliphatic hydroxyl groups excluding tert-OH is 1. The highest BCUT2D eigenvalue weighted by Gasteiger charge is 2.49. The van der Waals surface area contributed by atoms with Gasteiger partial charge in [0.05, 0.1) is 12.6 Å². The van der Waals surface area contributed by atoms with Crippen LogP contribution in [0.25, 0.3) is 0 Å². The highest BCUT2D eigenvalue weighted by Crippen LogP contribution is 2.28. The molecule has 15 amide bonds. The topological polar surface area (TPSA) is 444 Å². The third-order valence-corrected chi connectivity index (χ3v) is 19.5. The zero-order valence-electron chi connectivity index (χ0n) is 64.2. The SMILES string of the molecule is CC[C@H](C)[C@H](NC(=O)[C@H](C)NC(=O)[C@@H]1CCCN1C(=O)C(C)(C)NC(=O)[C@H](CC(C)C)NC(=O)[C@H](CCC(N)=O)NC(=O)[C@@](C)(CC)NC(C)=O)C(=O)NC(C)(C)C(=O)N1CCC[C@H]1C(=O)N[C@](C)(CC)C(=O)N[C@@H](CC(C)C)C(=O)NC(C)(C)C(=O)N1CCC[C@H]1C(=O)N[C@H](CO)CC(C)C. The van der Waals surface area contributed by atoms with E-state index in [9.17, 15) is 77.0 Å². The summed E-state index contributed by atoms with van der Waals surface area (Å²) in [6.45, 7) is 32.7. The molecule has 31 heteroatoms. The van der Waals surface area contributed by atoms with E-state index in [0.29, 0.717) is 38.5 Å². The Morgan fingerprint density at radius 3 is 1.22 bits per heavy atom. The Hall–Kier alpha value is -7.99. The molecule has 14 N–H and O–H groups in total. The molecule has 0 radical (unpaired) electrons. The molecule has 12 atom stereocenters. The van der Waals surface area contributed by atoms with Gasteiger partial charge in [0.25, 0.3) is 0 Å². The van der Waals surface area contributed by atoms with Crippen molar-refractivity contribution in [2.75, 3.05) is 26.2 Å². The van der Waals surface area contributed by atoms with E-state index in [2.05, 4.69) is 58.5 Å². The van der Waals surface area contributed by atoms with Crippen molar-refractivity contribution in [3.8, 4) is 0 Å². The molecule has 0 aliphatic carbocycles. The summed E-state index contributed by atoms with van der Waals surface area (Å²) in [5.74, 6) is -10.6. The molecule has 0 unspecified atom stereocenters. The lowest BCUT2D eigenvalue weighted by Crippen LogP contribution is -2.66. The highest BCUT2D eigenvalue weighted by molar-refractivity contribution is 6.02. The second-order valence-electron chi connectivity index (χ2n) is 31.4. The minimum Gasteiger partial charge on any atom is -0.394 e. The van der Waals surface area contributed by atoms with Crippen molar-refractivity contribution >= 4 is 88.6 Å². The summed E-state index contributed by atoms with van der Waals surface area (Å²) >= 11 is 0. The number of nitrogens with zero attached hydrogens (tertiary/aromatic N) is 3. The summed E-state index contributed by atoms with van der Waals surface area (Å²) < 4.78 is 0. The van der Waals surface area contributed by atoms with Gasteiger partial charge in [-0.3, -0.25) is 71.9 Å². The Labute approximate surface area is 602 Å². The van der Waals surface area contributed by atoms with E-state index in [-0.39, 0.29) is 95.4 Å².